The molecule has 1 aromatic rings. The lowest BCUT2D eigenvalue weighted by Gasteiger charge is -2.20. The Morgan fingerprint density at radius 1 is 1.14 bits per heavy atom. The summed E-state index contributed by atoms with van der Waals surface area (Å²) in [6.45, 7) is 0.505. The van der Waals surface area contributed by atoms with Crippen molar-refractivity contribution in [1.82, 2.24) is 5.32 Å². The van der Waals surface area contributed by atoms with Crippen molar-refractivity contribution in [2.45, 2.75) is 51.5 Å². The molecule has 0 unspecified atom stereocenters. The first-order chi connectivity index (χ1) is 10.7. The largest absolute Gasteiger partial charge is 0.465 e. The van der Waals surface area contributed by atoms with Gasteiger partial charge in [0.2, 0.25) is 5.91 Å². The van der Waals surface area contributed by atoms with Crippen LogP contribution in [-0.4, -0.2) is 19.0 Å². The minimum absolute atomic E-state index is 0.114. The summed E-state index contributed by atoms with van der Waals surface area (Å²) in [7, 11) is 1.36. The molecule has 0 saturated heterocycles. The SMILES string of the molecule is COC(=O)c1ccc(CNC(=O)CCC2CCCCC2)cc1. The van der Waals surface area contributed by atoms with Crippen LogP contribution in [0, 0.1) is 5.92 Å². The molecule has 120 valence electrons. The second kappa shape index (κ2) is 8.57. The molecule has 1 amide bonds. The number of esters is 1. The van der Waals surface area contributed by atoms with E-state index in [0.717, 1.165) is 17.9 Å². The summed E-state index contributed by atoms with van der Waals surface area (Å²) in [6, 6.07) is 7.12. The van der Waals surface area contributed by atoms with Crippen LogP contribution in [-0.2, 0) is 16.1 Å². The number of ether oxygens (including phenoxy) is 1. The zero-order valence-electron chi connectivity index (χ0n) is 13.3. The molecule has 1 aromatic carbocycles. The number of hydrogen-bond acceptors (Lipinski definition) is 3. The molecule has 0 heterocycles. The third kappa shape index (κ3) is 5.17. The van der Waals surface area contributed by atoms with Crippen LogP contribution in [0.15, 0.2) is 24.3 Å². The summed E-state index contributed by atoms with van der Waals surface area (Å²) >= 11 is 0. The van der Waals surface area contributed by atoms with Gasteiger partial charge >= 0.3 is 5.97 Å². The predicted octanol–water partition coefficient (Wildman–Crippen LogP) is 3.45. The average molecular weight is 303 g/mol. The third-order valence-corrected chi connectivity index (χ3v) is 4.37. The number of rotatable bonds is 6. The van der Waals surface area contributed by atoms with Gasteiger partial charge in [-0.3, -0.25) is 4.79 Å². The van der Waals surface area contributed by atoms with Crippen LogP contribution in [0.5, 0.6) is 0 Å². The number of carbonyl (C=O) groups is 2. The van der Waals surface area contributed by atoms with Gasteiger partial charge in [0.1, 0.15) is 0 Å². The molecule has 0 bridgehead atoms. The highest BCUT2D eigenvalue weighted by atomic mass is 16.5. The molecule has 0 aliphatic heterocycles. The summed E-state index contributed by atoms with van der Waals surface area (Å²) in [5, 5.41) is 2.95. The highest BCUT2D eigenvalue weighted by Gasteiger charge is 2.14. The molecule has 4 nitrogen and oxygen atoms in total. The average Bonchev–Trinajstić information content (AvgIpc) is 2.58. The molecule has 4 heteroatoms. The van der Waals surface area contributed by atoms with E-state index in [-0.39, 0.29) is 11.9 Å². The van der Waals surface area contributed by atoms with E-state index in [1.165, 1.54) is 39.2 Å². The van der Waals surface area contributed by atoms with Crippen molar-refractivity contribution < 1.29 is 14.3 Å². The van der Waals surface area contributed by atoms with E-state index < -0.39 is 0 Å². The van der Waals surface area contributed by atoms with Crippen LogP contribution in [0.25, 0.3) is 0 Å². The molecule has 1 N–H and O–H groups in total. The molecular weight excluding hydrogens is 278 g/mol. The van der Waals surface area contributed by atoms with Gasteiger partial charge in [0, 0.05) is 13.0 Å². The maximum absolute atomic E-state index is 11.9. The van der Waals surface area contributed by atoms with Crippen molar-refractivity contribution in [3.05, 3.63) is 35.4 Å². The van der Waals surface area contributed by atoms with E-state index in [0.29, 0.717) is 18.5 Å². The topological polar surface area (TPSA) is 55.4 Å². The van der Waals surface area contributed by atoms with Crippen LogP contribution in [0.2, 0.25) is 0 Å². The Balaban J connectivity index is 1.70. The fourth-order valence-electron chi connectivity index (χ4n) is 2.98. The molecular formula is C18H25NO3. The fourth-order valence-corrected chi connectivity index (χ4v) is 2.98. The lowest BCUT2D eigenvalue weighted by atomic mass is 9.86. The van der Waals surface area contributed by atoms with E-state index in [1.807, 2.05) is 12.1 Å². The molecule has 0 aromatic heterocycles. The number of benzene rings is 1. The van der Waals surface area contributed by atoms with Crippen molar-refractivity contribution in [3.63, 3.8) is 0 Å². The molecule has 1 aliphatic carbocycles. The number of carbonyl (C=O) groups excluding carboxylic acids is 2. The van der Waals surface area contributed by atoms with Gasteiger partial charge in [0.05, 0.1) is 12.7 Å². The Bertz CT molecular complexity index is 490. The number of methoxy groups -OCH3 is 1. The third-order valence-electron chi connectivity index (χ3n) is 4.37. The molecule has 0 radical (unpaired) electrons. The first-order valence-corrected chi connectivity index (χ1v) is 8.13. The van der Waals surface area contributed by atoms with E-state index in [2.05, 4.69) is 10.1 Å². The first kappa shape index (κ1) is 16.5. The van der Waals surface area contributed by atoms with Gasteiger partial charge in [-0.05, 0) is 30.0 Å². The number of hydrogen-bond donors (Lipinski definition) is 1. The Labute approximate surface area is 132 Å². The van der Waals surface area contributed by atoms with Gasteiger partial charge in [-0.25, -0.2) is 4.79 Å². The maximum Gasteiger partial charge on any atom is 0.337 e. The van der Waals surface area contributed by atoms with Crippen molar-refractivity contribution >= 4 is 11.9 Å². The second-order valence-corrected chi connectivity index (χ2v) is 6.01. The summed E-state index contributed by atoms with van der Waals surface area (Å²) in [5.41, 5.74) is 1.51. The fraction of sp³-hybridized carbons (Fsp3) is 0.556. The van der Waals surface area contributed by atoms with E-state index in [1.54, 1.807) is 12.1 Å². The predicted molar refractivity (Wildman–Crippen MR) is 85.4 cm³/mol. The molecule has 0 atom stereocenters. The van der Waals surface area contributed by atoms with Crippen LogP contribution in [0.3, 0.4) is 0 Å². The van der Waals surface area contributed by atoms with Crippen LogP contribution in [0.4, 0.5) is 0 Å². The van der Waals surface area contributed by atoms with Crippen LogP contribution in [0.1, 0.15) is 60.9 Å². The molecule has 22 heavy (non-hydrogen) atoms. The zero-order valence-corrected chi connectivity index (χ0v) is 13.3. The summed E-state index contributed by atoms with van der Waals surface area (Å²) in [5.74, 6) is 0.504. The number of amides is 1. The maximum atomic E-state index is 11.9. The van der Waals surface area contributed by atoms with Gasteiger partial charge in [0.25, 0.3) is 0 Å². The molecule has 2 rings (SSSR count). The van der Waals surface area contributed by atoms with Crippen molar-refractivity contribution in [1.29, 1.82) is 0 Å². The summed E-state index contributed by atoms with van der Waals surface area (Å²) in [6.07, 6.45) is 8.17. The molecule has 1 saturated carbocycles. The van der Waals surface area contributed by atoms with Gasteiger partial charge in [-0.2, -0.15) is 0 Å². The smallest absolute Gasteiger partial charge is 0.337 e. The molecule has 1 fully saturated rings. The lowest BCUT2D eigenvalue weighted by Crippen LogP contribution is -2.23. The van der Waals surface area contributed by atoms with Gasteiger partial charge < -0.3 is 10.1 Å². The summed E-state index contributed by atoms with van der Waals surface area (Å²) < 4.78 is 4.66. The standard InChI is InChI=1S/C18H25NO3/c1-22-18(21)16-10-7-15(8-11-16)13-19-17(20)12-9-14-5-3-2-4-6-14/h7-8,10-11,14H,2-6,9,12-13H2,1H3,(H,19,20). The van der Waals surface area contributed by atoms with E-state index >= 15 is 0 Å². The highest BCUT2D eigenvalue weighted by Crippen LogP contribution is 2.27. The van der Waals surface area contributed by atoms with Crippen LogP contribution >= 0.6 is 0 Å². The van der Waals surface area contributed by atoms with Gasteiger partial charge in [-0.1, -0.05) is 44.2 Å². The normalized spacial score (nSPS) is 15.3. The van der Waals surface area contributed by atoms with E-state index in [9.17, 15) is 9.59 Å². The summed E-state index contributed by atoms with van der Waals surface area (Å²) in [4.78, 5) is 23.2. The quantitative estimate of drug-likeness (QED) is 0.819. The van der Waals surface area contributed by atoms with Crippen molar-refractivity contribution in [2.75, 3.05) is 7.11 Å². The first-order valence-electron chi connectivity index (χ1n) is 8.13. The number of nitrogens with one attached hydrogen (secondary N) is 1. The monoisotopic (exact) mass is 303 g/mol. The second-order valence-electron chi connectivity index (χ2n) is 6.01. The van der Waals surface area contributed by atoms with Crippen LogP contribution < -0.4 is 5.32 Å². The lowest BCUT2D eigenvalue weighted by molar-refractivity contribution is -0.121. The molecule has 0 spiro atoms. The Morgan fingerprint density at radius 3 is 2.45 bits per heavy atom. The van der Waals surface area contributed by atoms with Crippen molar-refractivity contribution in [3.8, 4) is 0 Å². The Hall–Kier alpha value is -1.84. The van der Waals surface area contributed by atoms with Crippen molar-refractivity contribution in [2.24, 2.45) is 5.92 Å². The highest BCUT2D eigenvalue weighted by molar-refractivity contribution is 5.89. The Morgan fingerprint density at radius 2 is 1.82 bits per heavy atom. The minimum atomic E-state index is -0.344. The van der Waals surface area contributed by atoms with Gasteiger partial charge in [0.15, 0.2) is 0 Å². The molecule has 1 aliphatic rings. The van der Waals surface area contributed by atoms with E-state index in [4.69, 9.17) is 0 Å². The van der Waals surface area contributed by atoms with Gasteiger partial charge in [-0.15, -0.1) is 0 Å². The zero-order chi connectivity index (χ0) is 15.8. The Kier molecular flexibility index (Phi) is 6.44. The minimum Gasteiger partial charge on any atom is -0.465 e.